The molecule has 17 heavy (non-hydrogen) atoms. The molecular formula is C12H16N4O. The van der Waals surface area contributed by atoms with Crippen molar-refractivity contribution in [3.8, 4) is 0 Å². The third kappa shape index (κ3) is 2.24. The van der Waals surface area contributed by atoms with Gasteiger partial charge >= 0.3 is 0 Å². The molecule has 0 fully saturated rings. The number of hydrogen-bond acceptors (Lipinski definition) is 4. The Bertz CT molecular complexity index is 463. The molecule has 2 aromatic rings. The van der Waals surface area contributed by atoms with Crippen LogP contribution in [0.15, 0.2) is 23.1 Å². The summed E-state index contributed by atoms with van der Waals surface area (Å²) in [7, 11) is 0. The molecular weight excluding hydrogens is 216 g/mol. The average molecular weight is 232 g/mol. The van der Waals surface area contributed by atoms with Crippen LogP contribution in [0, 0.1) is 0 Å². The van der Waals surface area contributed by atoms with Gasteiger partial charge in [0.15, 0.2) is 0 Å². The molecule has 0 radical (unpaired) electrons. The molecule has 5 heteroatoms. The molecule has 2 aromatic heterocycles. The molecule has 1 unspecified atom stereocenters. The van der Waals surface area contributed by atoms with Gasteiger partial charge in [0.05, 0.1) is 6.26 Å². The molecule has 0 aromatic carbocycles. The standard InChI is InChI=1S/C12H16N4O/c1-2-10(9-5-7-17-11(9)3-1)13-6-4-12-14-8-15-16-12/h5,7-8,10,13H,1-4,6H2,(H,14,15,16). The summed E-state index contributed by atoms with van der Waals surface area (Å²) in [5, 5.41) is 10.3. The summed E-state index contributed by atoms with van der Waals surface area (Å²) >= 11 is 0. The van der Waals surface area contributed by atoms with Crippen LogP contribution in [0.25, 0.3) is 0 Å². The van der Waals surface area contributed by atoms with Gasteiger partial charge in [-0.3, -0.25) is 5.10 Å². The van der Waals surface area contributed by atoms with E-state index in [0.29, 0.717) is 6.04 Å². The Labute approximate surface area is 99.6 Å². The van der Waals surface area contributed by atoms with Crippen molar-refractivity contribution in [2.75, 3.05) is 6.54 Å². The van der Waals surface area contributed by atoms with Gasteiger partial charge in [-0.1, -0.05) is 0 Å². The van der Waals surface area contributed by atoms with Crippen molar-refractivity contribution in [3.05, 3.63) is 35.8 Å². The van der Waals surface area contributed by atoms with Gasteiger partial charge in [-0.15, -0.1) is 0 Å². The van der Waals surface area contributed by atoms with E-state index in [1.54, 1.807) is 12.6 Å². The minimum atomic E-state index is 0.431. The number of H-pyrrole nitrogens is 1. The van der Waals surface area contributed by atoms with Crippen molar-refractivity contribution in [1.29, 1.82) is 0 Å². The van der Waals surface area contributed by atoms with Gasteiger partial charge in [-0.25, -0.2) is 4.98 Å². The van der Waals surface area contributed by atoms with Crippen LogP contribution in [0.2, 0.25) is 0 Å². The summed E-state index contributed by atoms with van der Waals surface area (Å²) in [5.41, 5.74) is 1.33. The maximum Gasteiger partial charge on any atom is 0.137 e. The molecule has 1 aliphatic carbocycles. The van der Waals surface area contributed by atoms with E-state index >= 15 is 0 Å². The van der Waals surface area contributed by atoms with Crippen molar-refractivity contribution in [3.63, 3.8) is 0 Å². The fraction of sp³-hybridized carbons (Fsp3) is 0.500. The summed E-state index contributed by atoms with van der Waals surface area (Å²) in [4.78, 5) is 4.11. The van der Waals surface area contributed by atoms with Crippen LogP contribution in [0.4, 0.5) is 0 Å². The quantitative estimate of drug-likeness (QED) is 0.840. The minimum Gasteiger partial charge on any atom is -0.469 e. The monoisotopic (exact) mass is 232 g/mol. The molecule has 90 valence electrons. The van der Waals surface area contributed by atoms with Gasteiger partial charge in [-0.2, -0.15) is 5.10 Å². The van der Waals surface area contributed by atoms with E-state index in [1.807, 2.05) is 0 Å². The SMILES string of the molecule is c1n[nH]c(CCNC2CCCc3occc32)n1. The van der Waals surface area contributed by atoms with Crippen molar-refractivity contribution in [2.45, 2.75) is 31.7 Å². The average Bonchev–Trinajstić information content (AvgIpc) is 2.99. The molecule has 0 aliphatic heterocycles. The summed E-state index contributed by atoms with van der Waals surface area (Å²) in [5.74, 6) is 2.08. The Morgan fingerprint density at radius 1 is 1.53 bits per heavy atom. The highest BCUT2D eigenvalue weighted by Crippen LogP contribution is 2.30. The second-order valence-corrected chi connectivity index (χ2v) is 4.38. The predicted molar refractivity (Wildman–Crippen MR) is 62.5 cm³/mol. The number of aryl methyl sites for hydroxylation is 1. The third-order valence-electron chi connectivity index (χ3n) is 3.27. The van der Waals surface area contributed by atoms with Crippen LogP contribution in [0.1, 0.15) is 36.0 Å². The van der Waals surface area contributed by atoms with Gasteiger partial charge in [0.25, 0.3) is 0 Å². The first-order valence-corrected chi connectivity index (χ1v) is 6.07. The topological polar surface area (TPSA) is 66.7 Å². The molecule has 0 spiro atoms. The second-order valence-electron chi connectivity index (χ2n) is 4.38. The molecule has 1 aliphatic rings. The number of fused-ring (bicyclic) bond motifs is 1. The lowest BCUT2D eigenvalue weighted by Gasteiger charge is -2.22. The number of furan rings is 1. The summed E-state index contributed by atoms with van der Waals surface area (Å²) in [6.07, 6.45) is 7.67. The molecule has 0 bridgehead atoms. The van der Waals surface area contributed by atoms with Crippen molar-refractivity contribution in [2.24, 2.45) is 0 Å². The highest BCUT2D eigenvalue weighted by molar-refractivity contribution is 5.23. The maximum atomic E-state index is 5.47. The van der Waals surface area contributed by atoms with Gasteiger partial charge in [-0.05, 0) is 18.9 Å². The van der Waals surface area contributed by atoms with E-state index in [1.165, 1.54) is 18.4 Å². The number of nitrogens with one attached hydrogen (secondary N) is 2. The fourth-order valence-electron chi connectivity index (χ4n) is 2.41. The van der Waals surface area contributed by atoms with Crippen LogP contribution in [-0.2, 0) is 12.8 Å². The molecule has 1 atom stereocenters. The number of aromatic amines is 1. The lowest BCUT2D eigenvalue weighted by Crippen LogP contribution is -2.26. The van der Waals surface area contributed by atoms with E-state index in [2.05, 4.69) is 26.6 Å². The van der Waals surface area contributed by atoms with Crippen molar-refractivity contribution < 1.29 is 4.42 Å². The summed E-state index contributed by atoms with van der Waals surface area (Å²) < 4.78 is 5.47. The predicted octanol–water partition coefficient (Wildman–Crippen LogP) is 1.61. The van der Waals surface area contributed by atoms with Crippen molar-refractivity contribution in [1.82, 2.24) is 20.5 Å². The molecule has 0 amide bonds. The number of rotatable bonds is 4. The lowest BCUT2D eigenvalue weighted by molar-refractivity contribution is 0.412. The Balaban J connectivity index is 1.57. The van der Waals surface area contributed by atoms with Gasteiger partial charge in [0, 0.05) is 31.0 Å². The minimum absolute atomic E-state index is 0.431. The second kappa shape index (κ2) is 4.71. The molecule has 2 heterocycles. The van der Waals surface area contributed by atoms with E-state index in [9.17, 15) is 0 Å². The van der Waals surface area contributed by atoms with Crippen molar-refractivity contribution >= 4 is 0 Å². The molecule has 5 nitrogen and oxygen atoms in total. The van der Waals surface area contributed by atoms with Crippen LogP contribution >= 0.6 is 0 Å². The Morgan fingerprint density at radius 2 is 2.53 bits per heavy atom. The van der Waals surface area contributed by atoms with Gasteiger partial charge in [0.2, 0.25) is 0 Å². The van der Waals surface area contributed by atoms with Crippen LogP contribution in [0.3, 0.4) is 0 Å². The highest BCUT2D eigenvalue weighted by Gasteiger charge is 2.21. The van der Waals surface area contributed by atoms with Crippen LogP contribution in [0.5, 0.6) is 0 Å². The molecule has 2 N–H and O–H groups in total. The zero-order chi connectivity index (χ0) is 11.5. The van der Waals surface area contributed by atoms with E-state index < -0.39 is 0 Å². The lowest BCUT2D eigenvalue weighted by atomic mass is 9.93. The van der Waals surface area contributed by atoms with E-state index in [4.69, 9.17) is 4.42 Å². The molecule has 0 saturated carbocycles. The van der Waals surface area contributed by atoms with Gasteiger partial charge in [0.1, 0.15) is 17.9 Å². The first kappa shape index (κ1) is 10.5. The van der Waals surface area contributed by atoms with Crippen LogP contribution in [-0.4, -0.2) is 21.7 Å². The Morgan fingerprint density at radius 3 is 3.41 bits per heavy atom. The van der Waals surface area contributed by atoms with Crippen LogP contribution < -0.4 is 5.32 Å². The van der Waals surface area contributed by atoms with E-state index in [-0.39, 0.29) is 0 Å². The zero-order valence-corrected chi connectivity index (χ0v) is 9.65. The maximum absolute atomic E-state index is 5.47. The fourth-order valence-corrected chi connectivity index (χ4v) is 2.41. The summed E-state index contributed by atoms with van der Waals surface area (Å²) in [6.45, 7) is 0.907. The largest absolute Gasteiger partial charge is 0.469 e. The zero-order valence-electron chi connectivity index (χ0n) is 9.65. The number of hydrogen-bond donors (Lipinski definition) is 2. The Kier molecular flexibility index (Phi) is 2.92. The first-order valence-electron chi connectivity index (χ1n) is 6.07. The number of aromatic nitrogens is 3. The Hall–Kier alpha value is -1.62. The molecule has 3 rings (SSSR count). The summed E-state index contributed by atoms with van der Waals surface area (Å²) in [6, 6.07) is 2.51. The van der Waals surface area contributed by atoms with Gasteiger partial charge < -0.3 is 9.73 Å². The highest BCUT2D eigenvalue weighted by atomic mass is 16.3. The number of nitrogens with zero attached hydrogens (tertiary/aromatic N) is 2. The molecule has 0 saturated heterocycles. The normalized spacial score (nSPS) is 19.2. The van der Waals surface area contributed by atoms with E-state index in [0.717, 1.165) is 31.0 Å². The smallest absolute Gasteiger partial charge is 0.137 e. The third-order valence-corrected chi connectivity index (χ3v) is 3.27. The first-order chi connectivity index (χ1) is 8.43.